The van der Waals surface area contributed by atoms with Gasteiger partial charge in [0.1, 0.15) is 6.61 Å². The molecule has 0 aromatic heterocycles. The molecule has 104 valence electrons. The number of carboxylic acids is 1. The van der Waals surface area contributed by atoms with Gasteiger partial charge in [0.05, 0.1) is 6.61 Å². The van der Waals surface area contributed by atoms with Crippen molar-refractivity contribution in [3.8, 4) is 0 Å². The molecule has 0 spiro atoms. The molecular formula is C12H15NO6. The molecule has 1 rings (SSSR count). The summed E-state index contributed by atoms with van der Waals surface area (Å²) >= 11 is 0. The number of aliphatic carboxylic acids is 1. The fourth-order valence-corrected chi connectivity index (χ4v) is 1.18. The Hall–Kier alpha value is -2.12. The molecule has 1 atom stereocenters. The molecule has 19 heavy (non-hydrogen) atoms. The molecule has 7 heteroatoms. The van der Waals surface area contributed by atoms with Gasteiger partial charge >= 0.3 is 12.1 Å². The third-order valence-corrected chi connectivity index (χ3v) is 2.09. The van der Waals surface area contributed by atoms with Crippen LogP contribution in [0.3, 0.4) is 0 Å². The van der Waals surface area contributed by atoms with Gasteiger partial charge in [0, 0.05) is 7.11 Å². The minimum absolute atomic E-state index is 0.0675. The van der Waals surface area contributed by atoms with Crippen LogP contribution in [0.5, 0.6) is 0 Å². The Morgan fingerprint density at radius 2 is 2.00 bits per heavy atom. The van der Waals surface area contributed by atoms with Crippen molar-refractivity contribution >= 4 is 12.1 Å². The highest BCUT2D eigenvalue weighted by molar-refractivity contribution is 5.73. The SMILES string of the molecule is COC[C@@H](ONC(=O)OCc1ccccc1)C(=O)O. The summed E-state index contributed by atoms with van der Waals surface area (Å²) in [6.07, 6.45) is -2.15. The van der Waals surface area contributed by atoms with Gasteiger partial charge in [0.25, 0.3) is 0 Å². The Labute approximate surface area is 110 Å². The predicted octanol–water partition coefficient (Wildman–Crippen LogP) is 0.944. The van der Waals surface area contributed by atoms with Gasteiger partial charge < -0.3 is 14.6 Å². The summed E-state index contributed by atoms with van der Waals surface area (Å²) in [5.74, 6) is -1.25. The molecular weight excluding hydrogens is 254 g/mol. The first-order valence-electron chi connectivity index (χ1n) is 5.47. The smallest absolute Gasteiger partial charge is 0.431 e. The van der Waals surface area contributed by atoms with E-state index in [1.165, 1.54) is 7.11 Å². The molecule has 0 aliphatic rings. The molecule has 1 aromatic carbocycles. The van der Waals surface area contributed by atoms with Crippen molar-refractivity contribution in [2.45, 2.75) is 12.7 Å². The van der Waals surface area contributed by atoms with Crippen LogP contribution in [0.15, 0.2) is 30.3 Å². The molecule has 0 fully saturated rings. The summed E-state index contributed by atoms with van der Waals surface area (Å²) in [4.78, 5) is 26.6. The molecule has 0 aliphatic heterocycles. The van der Waals surface area contributed by atoms with Gasteiger partial charge in [-0.15, -0.1) is 0 Å². The van der Waals surface area contributed by atoms with Crippen LogP contribution >= 0.6 is 0 Å². The summed E-state index contributed by atoms with van der Waals surface area (Å²) in [5, 5.41) is 8.73. The van der Waals surface area contributed by atoms with E-state index in [2.05, 4.69) is 9.57 Å². The number of nitrogens with one attached hydrogen (secondary N) is 1. The Kier molecular flexibility index (Phi) is 6.34. The van der Waals surface area contributed by atoms with Gasteiger partial charge in [-0.2, -0.15) is 5.48 Å². The van der Waals surface area contributed by atoms with Crippen molar-refractivity contribution in [1.82, 2.24) is 5.48 Å². The number of carboxylic acid groups (broad SMARTS) is 1. The maximum atomic E-state index is 11.3. The Balaban J connectivity index is 2.29. The topological polar surface area (TPSA) is 94.1 Å². The van der Waals surface area contributed by atoms with Gasteiger partial charge in [0.15, 0.2) is 0 Å². The average Bonchev–Trinajstić information content (AvgIpc) is 2.42. The van der Waals surface area contributed by atoms with E-state index in [4.69, 9.17) is 9.84 Å². The van der Waals surface area contributed by atoms with Crippen LogP contribution < -0.4 is 5.48 Å². The van der Waals surface area contributed by atoms with Gasteiger partial charge in [-0.05, 0) is 5.56 Å². The fraction of sp³-hybridized carbons (Fsp3) is 0.333. The number of amides is 1. The van der Waals surface area contributed by atoms with Crippen LogP contribution in [-0.4, -0.2) is 37.0 Å². The zero-order valence-electron chi connectivity index (χ0n) is 10.4. The summed E-state index contributed by atoms with van der Waals surface area (Å²) in [5.41, 5.74) is 2.71. The standard InChI is InChI=1S/C12H15NO6/c1-17-8-10(11(14)15)19-13-12(16)18-7-9-5-3-2-4-6-9/h2-6,10H,7-8H2,1H3,(H,13,16)(H,14,15)/t10-/m1/s1. The number of hydrogen-bond acceptors (Lipinski definition) is 5. The number of methoxy groups -OCH3 is 1. The first-order valence-corrected chi connectivity index (χ1v) is 5.47. The monoisotopic (exact) mass is 269 g/mol. The van der Waals surface area contributed by atoms with E-state index in [0.717, 1.165) is 5.56 Å². The number of hydrogen-bond donors (Lipinski definition) is 2. The second-order valence-corrected chi connectivity index (χ2v) is 3.56. The lowest BCUT2D eigenvalue weighted by Gasteiger charge is -2.12. The minimum Gasteiger partial charge on any atom is -0.479 e. The average molecular weight is 269 g/mol. The van der Waals surface area contributed by atoms with Crippen molar-refractivity contribution in [3.05, 3.63) is 35.9 Å². The third kappa shape index (κ3) is 5.84. The number of carbonyl (C=O) groups is 2. The van der Waals surface area contributed by atoms with Crippen molar-refractivity contribution in [2.75, 3.05) is 13.7 Å². The fourth-order valence-electron chi connectivity index (χ4n) is 1.18. The Bertz CT molecular complexity index is 408. The van der Waals surface area contributed by atoms with Crippen LogP contribution in [-0.2, 0) is 25.7 Å². The number of ether oxygens (including phenoxy) is 2. The zero-order chi connectivity index (χ0) is 14.1. The quantitative estimate of drug-likeness (QED) is 0.715. The Morgan fingerprint density at radius 1 is 1.32 bits per heavy atom. The van der Waals surface area contributed by atoms with E-state index in [0.29, 0.717) is 0 Å². The normalized spacial score (nSPS) is 11.6. The summed E-state index contributed by atoms with van der Waals surface area (Å²) < 4.78 is 9.46. The summed E-state index contributed by atoms with van der Waals surface area (Å²) in [6, 6.07) is 9.05. The molecule has 0 aliphatic carbocycles. The number of hydroxylamine groups is 1. The van der Waals surface area contributed by atoms with Crippen molar-refractivity contribution < 1.29 is 29.0 Å². The van der Waals surface area contributed by atoms with Crippen LogP contribution in [0.25, 0.3) is 0 Å². The highest BCUT2D eigenvalue weighted by Crippen LogP contribution is 2.00. The first-order chi connectivity index (χ1) is 9.13. The maximum absolute atomic E-state index is 11.3. The van der Waals surface area contributed by atoms with Crippen LogP contribution in [0.1, 0.15) is 5.56 Å². The molecule has 0 radical (unpaired) electrons. The van der Waals surface area contributed by atoms with Crippen molar-refractivity contribution in [2.24, 2.45) is 0 Å². The van der Waals surface area contributed by atoms with E-state index in [9.17, 15) is 9.59 Å². The van der Waals surface area contributed by atoms with E-state index in [-0.39, 0.29) is 13.2 Å². The third-order valence-electron chi connectivity index (χ3n) is 2.09. The van der Waals surface area contributed by atoms with E-state index in [1.807, 2.05) is 23.7 Å². The van der Waals surface area contributed by atoms with Gasteiger partial charge in [-0.1, -0.05) is 30.3 Å². The largest absolute Gasteiger partial charge is 0.479 e. The number of benzene rings is 1. The van der Waals surface area contributed by atoms with E-state index < -0.39 is 18.2 Å². The zero-order valence-corrected chi connectivity index (χ0v) is 10.4. The molecule has 0 saturated carbocycles. The lowest BCUT2D eigenvalue weighted by atomic mass is 10.2. The van der Waals surface area contributed by atoms with Crippen LogP contribution in [0, 0.1) is 0 Å². The highest BCUT2D eigenvalue weighted by Gasteiger charge is 2.19. The van der Waals surface area contributed by atoms with E-state index >= 15 is 0 Å². The molecule has 0 unspecified atom stereocenters. The van der Waals surface area contributed by atoms with Crippen molar-refractivity contribution in [1.29, 1.82) is 0 Å². The highest BCUT2D eigenvalue weighted by atomic mass is 16.7. The van der Waals surface area contributed by atoms with Gasteiger partial charge in [0.2, 0.25) is 6.10 Å². The molecule has 0 heterocycles. The predicted molar refractivity (Wildman–Crippen MR) is 64.1 cm³/mol. The second kappa shape index (κ2) is 8.06. The maximum Gasteiger partial charge on any atom is 0.431 e. The molecule has 7 nitrogen and oxygen atoms in total. The molecule has 0 saturated heterocycles. The number of carbonyl (C=O) groups excluding carboxylic acids is 1. The lowest BCUT2D eigenvalue weighted by molar-refractivity contribution is -0.158. The molecule has 1 aromatic rings. The number of rotatable bonds is 7. The summed E-state index contributed by atoms with van der Waals surface area (Å²) in [7, 11) is 1.33. The lowest BCUT2D eigenvalue weighted by Crippen LogP contribution is -2.37. The van der Waals surface area contributed by atoms with Gasteiger partial charge in [-0.3, -0.25) is 4.84 Å². The molecule has 2 N–H and O–H groups in total. The Morgan fingerprint density at radius 3 is 2.58 bits per heavy atom. The van der Waals surface area contributed by atoms with Crippen LogP contribution in [0.4, 0.5) is 4.79 Å². The summed E-state index contributed by atoms with van der Waals surface area (Å²) in [6.45, 7) is -0.119. The molecule has 1 amide bonds. The van der Waals surface area contributed by atoms with Crippen molar-refractivity contribution in [3.63, 3.8) is 0 Å². The second-order valence-electron chi connectivity index (χ2n) is 3.56. The molecule has 0 bridgehead atoms. The first kappa shape index (κ1) is 14.9. The van der Waals surface area contributed by atoms with Gasteiger partial charge in [-0.25, -0.2) is 9.59 Å². The van der Waals surface area contributed by atoms with E-state index in [1.54, 1.807) is 12.1 Å². The van der Waals surface area contributed by atoms with Crippen LogP contribution in [0.2, 0.25) is 0 Å². The minimum atomic E-state index is -1.28.